The van der Waals surface area contributed by atoms with Gasteiger partial charge in [0.05, 0.1) is 11.6 Å². The van der Waals surface area contributed by atoms with E-state index in [1.54, 1.807) is 29.2 Å². The highest BCUT2D eigenvalue weighted by Crippen LogP contribution is 2.18. The van der Waals surface area contributed by atoms with E-state index in [2.05, 4.69) is 35.3 Å². The minimum absolute atomic E-state index is 0.173. The van der Waals surface area contributed by atoms with Crippen LogP contribution in [0.2, 0.25) is 0 Å². The smallest absolute Gasteiger partial charge is 0.233 e. The number of aryl methyl sites for hydroxylation is 1. The lowest BCUT2D eigenvalue weighted by Crippen LogP contribution is -2.49. The molecule has 6 nitrogen and oxygen atoms in total. The van der Waals surface area contributed by atoms with E-state index in [9.17, 15) is 9.59 Å². The van der Waals surface area contributed by atoms with E-state index in [1.165, 1.54) is 5.56 Å². The molecule has 2 amide bonds. The molecule has 0 aliphatic carbocycles. The summed E-state index contributed by atoms with van der Waals surface area (Å²) < 4.78 is 0. The van der Waals surface area contributed by atoms with Crippen LogP contribution >= 0.6 is 0 Å². The van der Waals surface area contributed by atoms with Gasteiger partial charge >= 0.3 is 0 Å². The molecule has 0 saturated carbocycles. The zero-order chi connectivity index (χ0) is 19.2. The highest BCUT2D eigenvalue weighted by atomic mass is 16.2. The molecule has 2 aromatic rings. The van der Waals surface area contributed by atoms with E-state index in [1.807, 2.05) is 12.1 Å². The first-order chi connectivity index (χ1) is 13.0. The Bertz CT molecular complexity index is 880. The maximum Gasteiger partial charge on any atom is 0.233 e. The monoisotopic (exact) mass is 362 g/mol. The number of benzene rings is 2. The van der Waals surface area contributed by atoms with Gasteiger partial charge in [0.15, 0.2) is 0 Å². The van der Waals surface area contributed by atoms with Gasteiger partial charge in [-0.2, -0.15) is 5.26 Å². The van der Waals surface area contributed by atoms with Crippen LogP contribution in [0.25, 0.3) is 0 Å². The molecule has 1 heterocycles. The van der Waals surface area contributed by atoms with Crippen LogP contribution in [-0.2, 0) is 9.59 Å². The summed E-state index contributed by atoms with van der Waals surface area (Å²) in [5, 5.41) is 11.6. The van der Waals surface area contributed by atoms with Gasteiger partial charge in [-0.1, -0.05) is 18.2 Å². The van der Waals surface area contributed by atoms with Crippen molar-refractivity contribution in [1.82, 2.24) is 4.90 Å². The van der Waals surface area contributed by atoms with E-state index < -0.39 is 0 Å². The van der Waals surface area contributed by atoms with Crippen molar-refractivity contribution in [1.29, 1.82) is 5.26 Å². The summed E-state index contributed by atoms with van der Waals surface area (Å²) in [6, 6.07) is 17.0. The van der Waals surface area contributed by atoms with Crippen molar-refractivity contribution in [3.63, 3.8) is 0 Å². The Balaban J connectivity index is 1.50. The van der Waals surface area contributed by atoms with Gasteiger partial charge in [0, 0.05) is 37.6 Å². The van der Waals surface area contributed by atoms with Gasteiger partial charge < -0.3 is 15.1 Å². The lowest BCUT2D eigenvalue weighted by molar-refractivity contribution is -0.134. The van der Waals surface area contributed by atoms with Gasteiger partial charge in [-0.05, 0) is 42.8 Å². The molecule has 0 bridgehead atoms. The molecule has 1 saturated heterocycles. The van der Waals surface area contributed by atoms with Crippen LogP contribution in [0.15, 0.2) is 48.5 Å². The highest BCUT2D eigenvalue weighted by molar-refractivity contribution is 6.03. The third-order valence-corrected chi connectivity index (χ3v) is 4.59. The Labute approximate surface area is 159 Å². The molecule has 6 heteroatoms. The number of carbonyl (C=O) groups is 2. The fourth-order valence-electron chi connectivity index (χ4n) is 3.16. The second-order valence-corrected chi connectivity index (χ2v) is 6.62. The summed E-state index contributed by atoms with van der Waals surface area (Å²) in [6.45, 7) is 4.77. The minimum atomic E-state index is -0.365. The van der Waals surface area contributed by atoms with E-state index in [4.69, 9.17) is 5.26 Å². The van der Waals surface area contributed by atoms with Crippen molar-refractivity contribution in [3.8, 4) is 6.07 Å². The molecular weight excluding hydrogens is 340 g/mol. The molecule has 1 N–H and O–H groups in total. The van der Waals surface area contributed by atoms with Crippen molar-refractivity contribution < 1.29 is 9.59 Å². The van der Waals surface area contributed by atoms with Crippen molar-refractivity contribution >= 4 is 23.2 Å². The Hall–Kier alpha value is -3.33. The SMILES string of the molecule is Cc1cccc(N2CCN(C(=O)CC(=O)Nc3cccc(C#N)c3)CC2)c1. The summed E-state index contributed by atoms with van der Waals surface area (Å²) in [5.41, 5.74) is 3.36. The van der Waals surface area contributed by atoms with Gasteiger partial charge in [0.2, 0.25) is 11.8 Å². The van der Waals surface area contributed by atoms with E-state index in [0.717, 1.165) is 18.8 Å². The predicted octanol–water partition coefficient (Wildman–Crippen LogP) is 2.54. The number of nitrogens with one attached hydrogen (secondary N) is 1. The molecule has 0 radical (unpaired) electrons. The molecule has 0 spiro atoms. The van der Waals surface area contributed by atoms with Crippen LogP contribution in [0, 0.1) is 18.3 Å². The molecule has 3 rings (SSSR count). The van der Waals surface area contributed by atoms with Crippen LogP contribution in [0.3, 0.4) is 0 Å². The van der Waals surface area contributed by atoms with Crippen LogP contribution in [0.5, 0.6) is 0 Å². The number of amides is 2. The van der Waals surface area contributed by atoms with Crippen LogP contribution < -0.4 is 10.2 Å². The Kier molecular flexibility index (Phi) is 5.72. The van der Waals surface area contributed by atoms with Gasteiger partial charge in [-0.15, -0.1) is 0 Å². The fraction of sp³-hybridized carbons (Fsp3) is 0.286. The number of hydrogen-bond donors (Lipinski definition) is 1. The first kappa shape index (κ1) is 18.5. The third-order valence-electron chi connectivity index (χ3n) is 4.59. The zero-order valence-corrected chi connectivity index (χ0v) is 15.3. The number of nitriles is 1. The average molecular weight is 362 g/mol. The summed E-state index contributed by atoms with van der Waals surface area (Å²) in [5.74, 6) is -0.538. The van der Waals surface area contributed by atoms with E-state index in [0.29, 0.717) is 24.3 Å². The summed E-state index contributed by atoms with van der Waals surface area (Å²) in [6.07, 6.45) is -0.193. The number of anilines is 2. The summed E-state index contributed by atoms with van der Waals surface area (Å²) >= 11 is 0. The Morgan fingerprint density at radius 2 is 1.81 bits per heavy atom. The molecule has 2 aromatic carbocycles. The number of hydrogen-bond acceptors (Lipinski definition) is 4. The number of piperazine rings is 1. The second-order valence-electron chi connectivity index (χ2n) is 6.62. The van der Waals surface area contributed by atoms with Gasteiger partial charge in [0.1, 0.15) is 6.42 Å². The molecule has 1 aliphatic rings. The second kappa shape index (κ2) is 8.37. The van der Waals surface area contributed by atoms with Crippen LogP contribution in [0.4, 0.5) is 11.4 Å². The average Bonchev–Trinajstić information content (AvgIpc) is 2.68. The molecular formula is C21H22N4O2. The fourth-order valence-corrected chi connectivity index (χ4v) is 3.16. The molecule has 0 aromatic heterocycles. The molecule has 0 atom stereocenters. The standard InChI is InChI=1S/C21H22N4O2/c1-16-4-2-7-19(12-16)24-8-10-25(11-9-24)21(27)14-20(26)23-18-6-3-5-17(13-18)15-22/h2-7,12-13H,8-11,14H2,1H3,(H,23,26). The maximum absolute atomic E-state index is 12.4. The molecule has 27 heavy (non-hydrogen) atoms. The third kappa shape index (κ3) is 4.85. The number of carbonyl (C=O) groups excluding carboxylic acids is 2. The first-order valence-electron chi connectivity index (χ1n) is 8.94. The quantitative estimate of drug-likeness (QED) is 0.848. The summed E-state index contributed by atoms with van der Waals surface area (Å²) in [4.78, 5) is 28.5. The molecule has 1 fully saturated rings. The van der Waals surface area contributed by atoms with Crippen LogP contribution in [0.1, 0.15) is 17.5 Å². The maximum atomic E-state index is 12.4. The topological polar surface area (TPSA) is 76.4 Å². The summed E-state index contributed by atoms with van der Waals surface area (Å²) in [7, 11) is 0. The molecule has 1 aliphatic heterocycles. The van der Waals surface area contributed by atoms with Crippen molar-refractivity contribution in [3.05, 3.63) is 59.7 Å². The Morgan fingerprint density at radius 3 is 2.52 bits per heavy atom. The van der Waals surface area contributed by atoms with E-state index in [-0.39, 0.29) is 18.2 Å². The number of nitrogens with zero attached hydrogens (tertiary/aromatic N) is 3. The zero-order valence-electron chi connectivity index (χ0n) is 15.3. The van der Waals surface area contributed by atoms with Gasteiger partial charge in [0.25, 0.3) is 0 Å². The van der Waals surface area contributed by atoms with Gasteiger partial charge in [-0.25, -0.2) is 0 Å². The largest absolute Gasteiger partial charge is 0.368 e. The first-order valence-corrected chi connectivity index (χ1v) is 8.94. The van der Waals surface area contributed by atoms with Crippen molar-refractivity contribution in [2.45, 2.75) is 13.3 Å². The highest BCUT2D eigenvalue weighted by Gasteiger charge is 2.23. The normalized spacial score (nSPS) is 13.8. The van der Waals surface area contributed by atoms with E-state index >= 15 is 0 Å². The lowest BCUT2D eigenvalue weighted by atomic mass is 10.2. The van der Waals surface area contributed by atoms with Crippen molar-refractivity contribution in [2.24, 2.45) is 0 Å². The predicted molar refractivity (Wildman–Crippen MR) is 104 cm³/mol. The van der Waals surface area contributed by atoms with Crippen molar-refractivity contribution in [2.75, 3.05) is 36.4 Å². The minimum Gasteiger partial charge on any atom is -0.368 e. The lowest BCUT2D eigenvalue weighted by Gasteiger charge is -2.36. The van der Waals surface area contributed by atoms with Crippen LogP contribution in [-0.4, -0.2) is 42.9 Å². The Morgan fingerprint density at radius 1 is 1.07 bits per heavy atom. The number of rotatable bonds is 4. The molecule has 138 valence electrons. The van der Waals surface area contributed by atoms with Gasteiger partial charge in [-0.3, -0.25) is 9.59 Å². The molecule has 0 unspecified atom stereocenters.